The summed E-state index contributed by atoms with van der Waals surface area (Å²) in [6.45, 7) is 10.9. The molecule has 3 aliphatic rings. The van der Waals surface area contributed by atoms with Gasteiger partial charge in [-0.2, -0.15) is 0 Å². The molecule has 7 heteroatoms. The molecule has 0 spiro atoms. The Balaban J connectivity index is 1.77. The fraction of sp³-hybridized carbons (Fsp3) is 0.938. The average molecular weight is 329 g/mol. The third-order valence-electron chi connectivity index (χ3n) is 4.29. The van der Waals surface area contributed by atoms with Gasteiger partial charge in [0.25, 0.3) is 0 Å². The van der Waals surface area contributed by atoms with Crippen LogP contribution in [0.1, 0.15) is 48.0 Å². The molecule has 132 valence electrons. The maximum Gasteiger partial charge on any atom is 0.217 e. The predicted molar refractivity (Wildman–Crippen MR) is 80.4 cm³/mol. The van der Waals surface area contributed by atoms with Crippen LogP contribution in [0.3, 0.4) is 0 Å². The number of rotatable bonds is 3. The predicted octanol–water partition coefficient (Wildman–Crippen LogP) is 1.30. The summed E-state index contributed by atoms with van der Waals surface area (Å²) in [5.41, 5.74) is 0. The molecule has 3 rings (SSSR count). The van der Waals surface area contributed by atoms with Crippen LogP contribution in [0.5, 0.6) is 0 Å². The van der Waals surface area contributed by atoms with E-state index in [-0.39, 0.29) is 36.4 Å². The van der Waals surface area contributed by atoms with E-state index in [1.807, 2.05) is 34.6 Å². The average Bonchev–Trinajstić information content (AvgIpc) is 2.83. The first kappa shape index (κ1) is 17.1. The van der Waals surface area contributed by atoms with E-state index in [9.17, 15) is 4.79 Å². The minimum absolute atomic E-state index is 0.0302. The van der Waals surface area contributed by atoms with Gasteiger partial charge in [0, 0.05) is 13.0 Å². The molecule has 3 saturated heterocycles. The molecule has 0 aliphatic carbocycles. The fourth-order valence-corrected chi connectivity index (χ4v) is 3.64. The van der Waals surface area contributed by atoms with Gasteiger partial charge in [-0.3, -0.25) is 4.79 Å². The fourth-order valence-electron chi connectivity index (χ4n) is 3.64. The van der Waals surface area contributed by atoms with Crippen molar-refractivity contribution >= 4 is 5.91 Å². The van der Waals surface area contributed by atoms with Crippen molar-refractivity contribution in [3.8, 4) is 0 Å². The number of carbonyl (C=O) groups excluding carboxylic acids is 1. The third-order valence-corrected chi connectivity index (χ3v) is 4.29. The highest BCUT2D eigenvalue weighted by Crippen LogP contribution is 2.44. The lowest BCUT2D eigenvalue weighted by atomic mass is 9.95. The van der Waals surface area contributed by atoms with Crippen LogP contribution in [0.2, 0.25) is 0 Å². The first-order valence-corrected chi connectivity index (χ1v) is 8.20. The molecule has 6 atom stereocenters. The number of fused-ring (bicyclic) bond motifs is 3. The van der Waals surface area contributed by atoms with Crippen molar-refractivity contribution in [2.24, 2.45) is 0 Å². The molecule has 7 nitrogen and oxygen atoms in total. The zero-order valence-electron chi connectivity index (χ0n) is 14.6. The number of ether oxygens (including phenoxy) is 5. The van der Waals surface area contributed by atoms with E-state index in [1.165, 1.54) is 6.92 Å². The second kappa shape index (κ2) is 5.67. The van der Waals surface area contributed by atoms with Gasteiger partial charge in [0.05, 0.1) is 6.10 Å². The molecule has 6 unspecified atom stereocenters. The summed E-state index contributed by atoms with van der Waals surface area (Å²) < 4.78 is 30.0. The number of carbonyl (C=O) groups is 1. The molecular weight excluding hydrogens is 302 g/mol. The van der Waals surface area contributed by atoms with E-state index in [0.29, 0.717) is 6.42 Å². The molecule has 3 heterocycles. The second-order valence-corrected chi connectivity index (χ2v) is 7.55. The van der Waals surface area contributed by atoms with E-state index in [0.717, 1.165) is 0 Å². The van der Waals surface area contributed by atoms with Gasteiger partial charge in [-0.05, 0) is 41.0 Å². The van der Waals surface area contributed by atoms with Gasteiger partial charge in [-0.25, -0.2) is 0 Å². The quantitative estimate of drug-likeness (QED) is 0.841. The van der Waals surface area contributed by atoms with Gasteiger partial charge in [0.15, 0.2) is 17.9 Å². The maximum atomic E-state index is 11.2. The molecule has 0 saturated carbocycles. The smallest absolute Gasteiger partial charge is 0.217 e. The molecule has 1 amide bonds. The van der Waals surface area contributed by atoms with Crippen LogP contribution in [-0.4, -0.2) is 54.2 Å². The monoisotopic (exact) mass is 329 g/mol. The molecular formula is C16H27NO6. The van der Waals surface area contributed by atoms with Gasteiger partial charge in [-0.1, -0.05) is 0 Å². The summed E-state index contributed by atoms with van der Waals surface area (Å²) in [4.78, 5) is 11.2. The SMILES string of the molecule is CC(=O)NC(C)CC1OC2OC(C)(C)OC2C2OC(C)(C)OC12. The van der Waals surface area contributed by atoms with Gasteiger partial charge >= 0.3 is 0 Å². The van der Waals surface area contributed by atoms with Crippen molar-refractivity contribution in [3.63, 3.8) is 0 Å². The Morgan fingerprint density at radius 1 is 1.00 bits per heavy atom. The van der Waals surface area contributed by atoms with E-state index in [4.69, 9.17) is 23.7 Å². The Bertz CT molecular complexity index is 479. The number of amides is 1. The number of nitrogens with one attached hydrogen (secondary N) is 1. The zero-order valence-corrected chi connectivity index (χ0v) is 14.6. The molecule has 0 bridgehead atoms. The summed E-state index contributed by atoms with van der Waals surface area (Å²) in [5, 5.41) is 2.88. The summed E-state index contributed by atoms with van der Waals surface area (Å²) in [6, 6.07) is -0.0302. The lowest BCUT2D eigenvalue weighted by Crippen LogP contribution is -2.56. The molecule has 0 aromatic heterocycles. The van der Waals surface area contributed by atoms with Crippen molar-refractivity contribution in [1.82, 2.24) is 5.32 Å². The standard InChI is InChI=1S/C16H27NO6/c1-8(17-9(2)18)7-10-11-12(21-15(3,4)20-11)13-14(19-10)23-16(5,6)22-13/h8,10-14H,7H2,1-6H3,(H,17,18). The Labute approximate surface area is 136 Å². The topological polar surface area (TPSA) is 75.3 Å². The summed E-state index contributed by atoms with van der Waals surface area (Å²) >= 11 is 0. The number of hydrogen-bond acceptors (Lipinski definition) is 6. The van der Waals surface area contributed by atoms with E-state index >= 15 is 0 Å². The van der Waals surface area contributed by atoms with Gasteiger partial charge in [0.2, 0.25) is 5.91 Å². The third kappa shape index (κ3) is 3.53. The summed E-state index contributed by atoms with van der Waals surface area (Å²) in [5.74, 6) is -1.47. The maximum absolute atomic E-state index is 11.2. The number of hydrogen-bond donors (Lipinski definition) is 1. The van der Waals surface area contributed by atoms with Crippen molar-refractivity contribution in [1.29, 1.82) is 0 Å². The molecule has 0 aromatic rings. The highest BCUT2D eigenvalue weighted by molar-refractivity contribution is 5.73. The van der Waals surface area contributed by atoms with Crippen molar-refractivity contribution < 1.29 is 28.5 Å². The van der Waals surface area contributed by atoms with Crippen LogP contribution in [0, 0.1) is 0 Å². The first-order valence-electron chi connectivity index (χ1n) is 8.20. The van der Waals surface area contributed by atoms with Crippen molar-refractivity contribution in [3.05, 3.63) is 0 Å². The van der Waals surface area contributed by atoms with Gasteiger partial charge in [0.1, 0.15) is 18.3 Å². The van der Waals surface area contributed by atoms with Crippen LogP contribution in [0.25, 0.3) is 0 Å². The summed E-state index contributed by atoms with van der Waals surface area (Å²) in [6.07, 6.45) is -0.919. The normalized spacial score (nSPS) is 41.9. The second-order valence-electron chi connectivity index (χ2n) is 7.55. The largest absolute Gasteiger partial charge is 0.354 e. The zero-order chi connectivity index (χ0) is 17.0. The molecule has 23 heavy (non-hydrogen) atoms. The minimum atomic E-state index is -0.714. The molecule has 0 aromatic carbocycles. The van der Waals surface area contributed by atoms with E-state index in [1.54, 1.807) is 0 Å². The van der Waals surface area contributed by atoms with Crippen LogP contribution in [-0.2, 0) is 28.5 Å². The van der Waals surface area contributed by atoms with Crippen LogP contribution in [0.4, 0.5) is 0 Å². The van der Waals surface area contributed by atoms with Gasteiger partial charge < -0.3 is 29.0 Å². The van der Waals surface area contributed by atoms with E-state index in [2.05, 4.69) is 5.32 Å². The Morgan fingerprint density at radius 3 is 2.22 bits per heavy atom. The molecule has 3 aliphatic heterocycles. The lowest BCUT2D eigenvalue weighted by Gasteiger charge is -2.38. The lowest BCUT2D eigenvalue weighted by molar-refractivity contribution is -0.235. The molecule has 0 radical (unpaired) electrons. The van der Waals surface area contributed by atoms with Crippen LogP contribution < -0.4 is 5.32 Å². The van der Waals surface area contributed by atoms with Crippen molar-refractivity contribution in [2.45, 2.75) is 96.3 Å². The Morgan fingerprint density at radius 2 is 1.57 bits per heavy atom. The van der Waals surface area contributed by atoms with Crippen molar-refractivity contribution in [2.75, 3.05) is 0 Å². The van der Waals surface area contributed by atoms with Crippen LogP contribution >= 0.6 is 0 Å². The highest BCUT2D eigenvalue weighted by atomic mass is 16.9. The Hall–Kier alpha value is -0.730. The Kier molecular flexibility index (Phi) is 4.21. The summed E-state index contributed by atoms with van der Waals surface area (Å²) in [7, 11) is 0. The highest BCUT2D eigenvalue weighted by Gasteiger charge is 2.60. The van der Waals surface area contributed by atoms with Gasteiger partial charge in [-0.15, -0.1) is 0 Å². The first-order chi connectivity index (χ1) is 10.6. The van der Waals surface area contributed by atoms with Crippen LogP contribution in [0.15, 0.2) is 0 Å². The van der Waals surface area contributed by atoms with E-state index < -0.39 is 17.9 Å². The molecule has 3 fully saturated rings. The minimum Gasteiger partial charge on any atom is -0.354 e. The molecule has 1 N–H and O–H groups in total.